The molecule has 0 fully saturated rings. The van der Waals surface area contributed by atoms with Crippen LogP contribution in [0.1, 0.15) is 20.8 Å². The molecule has 0 rings (SSSR count). The van der Waals surface area contributed by atoms with E-state index in [-0.39, 0.29) is 0 Å². The molecule has 56 valence electrons. The Morgan fingerprint density at radius 1 is 1.40 bits per heavy atom. The van der Waals surface area contributed by atoms with Crippen molar-refractivity contribution in [2.24, 2.45) is 5.92 Å². The van der Waals surface area contributed by atoms with Gasteiger partial charge in [0.15, 0.2) is 0 Å². The van der Waals surface area contributed by atoms with Gasteiger partial charge in [-0.3, -0.25) is 0 Å². The molecule has 0 N–H and O–H groups in total. The highest BCUT2D eigenvalue weighted by atomic mass is 14.0. The van der Waals surface area contributed by atoms with Gasteiger partial charge in [0, 0.05) is 0 Å². The monoisotopic (exact) mass is 136 g/mol. The van der Waals surface area contributed by atoms with Crippen LogP contribution in [0.2, 0.25) is 0 Å². The van der Waals surface area contributed by atoms with E-state index >= 15 is 0 Å². The average molecular weight is 136 g/mol. The minimum atomic E-state index is 0.473. The Balaban J connectivity index is 4.21. The van der Waals surface area contributed by atoms with E-state index in [0.29, 0.717) is 5.92 Å². The number of rotatable bonds is 3. The third-order valence-electron chi connectivity index (χ3n) is 1.57. The van der Waals surface area contributed by atoms with Crippen molar-refractivity contribution in [3.05, 3.63) is 36.5 Å². The molecule has 0 aromatic rings. The van der Waals surface area contributed by atoms with Crippen LogP contribution >= 0.6 is 0 Å². The largest absolute Gasteiger partial charge is 0.102 e. The fourth-order valence-corrected chi connectivity index (χ4v) is 0.839. The lowest BCUT2D eigenvalue weighted by Crippen LogP contribution is -1.90. The molecule has 0 aromatic carbocycles. The summed E-state index contributed by atoms with van der Waals surface area (Å²) in [6.07, 6.45) is 8.24. The van der Waals surface area contributed by atoms with Gasteiger partial charge < -0.3 is 0 Å². The summed E-state index contributed by atoms with van der Waals surface area (Å²) in [5.74, 6) is 0.473. The highest BCUT2D eigenvalue weighted by molar-refractivity contribution is 5.22. The summed E-state index contributed by atoms with van der Waals surface area (Å²) >= 11 is 0. The minimum Gasteiger partial charge on any atom is -0.102 e. The first-order chi connectivity index (χ1) is 4.76. The second-order valence-electron chi connectivity index (χ2n) is 2.31. The van der Waals surface area contributed by atoms with Gasteiger partial charge in [-0.2, -0.15) is 0 Å². The molecule has 0 aliphatic rings. The van der Waals surface area contributed by atoms with Gasteiger partial charge in [0.25, 0.3) is 0 Å². The van der Waals surface area contributed by atoms with E-state index in [4.69, 9.17) is 0 Å². The summed E-state index contributed by atoms with van der Waals surface area (Å²) in [7, 11) is 0. The normalized spacial score (nSPS) is 15.7. The molecule has 0 radical (unpaired) electrons. The first kappa shape index (κ1) is 9.22. The third kappa shape index (κ3) is 2.67. The van der Waals surface area contributed by atoms with Crippen molar-refractivity contribution in [2.75, 3.05) is 0 Å². The van der Waals surface area contributed by atoms with E-state index < -0.39 is 0 Å². The van der Waals surface area contributed by atoms with Gasteiger partial charge in [-0.25, -0.2) is 0 Å². The molecular weight excluding hydrogens is 120 g/mol. The van der Waals surface area contributed by atoms with Crippen LogP contribution < -0.4 is 0 Å². The Kier molecular flexibility index (Phi) is 4.65. The van der Waals surface area contributed by atoms with E-state index in [1.165, 1.54) is 5.57 Å². The van der Waals surface area contributed by atoms with Crippen molar-refractivity contribution >= 4 is 0 Å². The molecule has 0 heterocycles. The van der Waals surface area contributed by atoms with Gasteiger partial charge in [-0.15, -0.1) is 6.58 Å². The topological polar surface area (TPSA) is 0 Å². The molecule has 0 spiro atoms. The molecular formula is C10H16. The summed E-state index contributed by atoms with van der Waals surface area (Å²) in [6, 6.07) is 0. The van der Waals surface area contributed by atoms with Crippen molar-refractivity contribution in [1.82, 2.24) is 0 Å². The summed E-state index contributed by atoms with van der Waals surface area (Å²) in [4.78, 5) is 0. The van der Waals surface area contributed by atoms with Crippen LogP contribution in [-0.2, 0) is 0 Å². The SMILES string of the molecule is C=CC(C)C(C=CC)=CC. The molecule has 10 heavy (non-hydrogen) atoms. The molecule has 0 saturated heterocycles. The molecule has 0 amide bonds. The van der Waals surface area contributed by atoms with Crippen LogP contribution in [0.3, 0.4) is 0 Å². The van der Waals surface area contributed by atoms with Gasteiger partial charge in [0.1, 0.15) is 0 Å². The van der Waals surface area contributed by atoms with Crippen LogP contribution in [0.5, 0.6) is 0 Å². The fourth-order valence-electron chi connectivity index (χ4n) is 0.839. The van der Waals surface area contributed by atoms with Gasteiger partial charge in [-0.1, -0.05) is 31.2 Å². The summed E-state index contributed by atoms with van der Waals surface area (Å²) in [6.45, 7) is 9.96. The highest BCUT2D eigenvalue weighted by Crippen LogP contribution is 2.11. The standard InChI is InChI=1S/C10H16/c1-5-8-10(7-3)9(4)6-2/h5-9H,2H2,1,3-4H3. The van der Waals surface area contributed by atoms with Crippen LogP contribution in [-0.4, -0.2) is 0 Å². The van der Waals surface area contributed by atoms with Gasteiger partial charge in [-0.05, 0) is 25.3 Å². The summed E-state index contributed by atoms with van der Waals surface area (Å²) < 4.78 is 0. The Morgan fingerprint density at radius 2 is 2.00 bits per heavy atom. The molecule has 0 heteroatoms. The molecule has 0 aliphatic carbocycles. The smallest absolute Gasteiger partial charge is 0.00165 e. The zero-order valence-electron chi connectivity index (χ0n) is 7.09. The van der Waals surface area contributed by atoms with E-state index in [1.54, 1.807) is 0 Å². The first-order valence-electron chi connectivity index (χ1n) is 3.67. The Morgan fingerprint density at radius 3 is 2.30 bits per heavy atom. The lowest BCUT2D eigenvalue weighted by Gasteiger charge is -2.04. The van der Waals surface area contributed by atoms with E-state index in [1.807, 2.05) is 13.0 Å². The maximum absolute atomic E-state index is 3.74. The highest BCUT2D eigenvalue weighted by Gasteiger charge is 1.97. The average Bonchev–Trinajstić information content (AvgIpc) is 1.99. The van der Waals surface area contributed by atoms with Gasteiger partial charge in [0.05, 0.1) is 0 Å². The predicted molar refractivity (Wildman–Crippen MR) is 47.9 cm³/mol. The zero-order valence-corrected chi connectivity index (χ0v) is 7.09. The number of hydrogen-bond donors (Lipinski definition) is 0. The van der Waals surface area contributed by atoms with Crippen molar-refractivity contribution in [1.29, 1.82) is 0 Å². The van der Waals surface area contributed by atoms with Crippen molar-refractivity contribution in [2.45, 2.75) is 20.8 Å². The predicted octanol–water partition coefficient (Wildman–Crippen LogP) is 3.33. The maximum atomic E-state index is 3.74. The Labute approximate surface area is 64.0 Å². The second kappa shape index (κ2) is 5.04. The molecule has 0 aromatic heterocycles. The lowest BCUT2D eigenvalue weighted by molar-refractivity contribution is 0.891. The van der Waals surface area contributed by atoms with Crippen LogP contribution in [0.15, 0.2) is 36.5 Å². The van der Waals surface area contributed by atoms with Crippen molar-refractivity contribution in [3.8, 4) is 0 Å². The summed E-state index contributed by atoms with van der Waals surface area (Å²) in [5.41, 5.74) is 1.33. The van der Waals surface area contributed by atoms with E-state index in [9.17, 15) is 0 Å². The lowest BCUT2D eigenvalue weighted by atomic mass is 10.0. The van der Waals surface area contributed by atoms with Crippen LogP contribution in [0, 0.1) is 5.92 Å². The molecule has 0 aliphatic heterocycles. The second-order valence-corrected chi connectivity index (χ2v) is 2.31. The molecule has 1 unspecified atom stereocenters. The number of allylic oxidation sites excluding steroid dienone is 5. The first-order valence-corrected chi connectivity index (χ1v) is 3.67. The van der Waals surface area contributed by atoms with E-state index in [0.717, 1.165) is 0 Å². The van der Waals surface area contributed by atoms with E-state index in [2.05, 4.69) is 38.7 Å². The third-order valence-corrected chi connectivity index (χ3v) is 1.57. The molecule has 0 bridgehead atoms. The summed E-state index contributed by atoms with van der Waals surface area (Å²) in [5, 5.41) is 0. The zero-order chi connectivity index (χ0) is 7.98. The molecule has 0 nitrogen and oxygen atoms in total. The van der Waals surface area contributed by atoms with Gasteiger partial charge in [0.2, 0.25) is 0 Å². The Hall–Kier alpha value is -0.780. The quantitative estimate of drug-likeness (QED) is 0.412. The number of hydrogen-bond acceptors (Lipinski definition) is 0. The minimum absolute atomic E-state index is 0.473. The molecule has 1 atom stereocenters. The fraction of sp³-hybridized carbons (Fsp3) is 0.400. The van der Waals surface area contributed by atoms with Crippen LogP contribution in [0.4, 0.5) is 0 Å². The van der Waals surface area contributed by atoms with Crippen molar-refractivity contribution < 1.29 is 0 Å². The Bertz CT molecular complexity index is 149. The van der Waals surface area contributed by atoms with Gasteiger partial charge >= 0.3 is 0 Å². The van der Waals surface area contributed by atoms with Crippen molar-refractivity contribution in [3.63, 3.8) is 0 Å². The van der Waals surface area contributed by atoms with Crippen LogP contribution in [0.25, 0.3) is 0 Å². The molecule has 0 saturated carbocycles. The maximum Gasteiger partial charge on any atom is -0.00165 e.